The van der Waals surface area contributed by atoms with E-state index in [-0.39, 0.29) is 30.7 Å². The van der Waals surface area contributed by atoms with Crippen molar-refractivity contribution in [2.75, 3.05) is 32.1 Å². The lowest BCUT2D eigenvalue weighted by Crippen LogP contribution is -2.68. The third-order valence-electron chi connectivity index (χ3n) is 5.58. The molecule has 1 atom stereocenters. The Morgan fingerprint density at radius 2 is 2.08 bits per heavy atom. The summed E-state index contributed by atoms with van der Waals surface area (Å²) in [6.45, 7) is 1.79. The Morgan fingerprint density at radius 1 is 1.29 bits per heavy atom. The third-order valence-corrected chi connectivity index (χ3v) is 8.18. The molecular formula is C17H22N2O4S. The summed E-state index contributed by atoms with van der Waals surface area (Å²) < 4.78 is 30.1. The van der Waals surface area contributed by atoms with Gasteiger partial charge in [-0.05, 0) is 37.3 Å². The molecule has 2 aliphatic heterocycles. The first-order valence-corrected chi connectivity index (χ1v) is 10.2. The summed E-state index contributed by atoms with van der Waals surface area (Å²) in [4.78, 5) is 18.0. The zero-order valence-electron chi connectivity index (χ0n) is 13.6. The molecule has 0 bridgehead atoms. The Kier molecular flexibility index (Phi) is 3.88. The maximum Gasteiger partial charge on any atom is 0.255 e. The van der Waals surface area contributed by atoms with Crippen molar-refractivity contribution in [1.29, 1.82) is 0 Å². The molecule has 130 valence electrons. The van der Waals surface area contributed by atoms with E-state index in [9.17, 15) is 13.2 Å². The van der Waals surface area contributed by atoms with Gasteiger partial charge in [0.25, 0.3) is 5.91 Å². The van der Waals surface area contributed by atoms with Crippen molar-refractivity contribution in [2.24, 2.45) is 11.8 Å². The lowest BCUT2D eigenvalue weighted by molar-refractivity contribution is 0.0228. The van der Waals surface area contributed by atoms with Gasteiger partial charge in [-0.3, -0.25) is 9.78 Å². The van der Waals surface area contributed by atoms with Crippen LogP contribution in [0.4, 0.5) is 0 Å². The average Bonchev–Trinajstić information content (AvgIpc) is 3.31. The van der Waals surface area contributed by atoms with Crippen LogP contribution in [0, 0.1) is 11.8 Å². The lowest BCUT2D eigenvalue weighted by atomic mass is 9.83. The molecule has 1 aliphatic carbocycles. The van der Waals surface area contributed by atoms with Crippen molar-refractivity contribution in [2.45, 2.75) is 24.0 Å². The molecule has 6 nitrogen and oxygen atoms in total. The molecule has 7 heteroatoms. The minimum Gasteiger partial charge on any atom is -0.381 e. The number of rotatable bonds is 5. The second-order valence-electron chi connectivity index (χ2n) is 7.25. The van der Waals surface area contributed by atoms with Gasteiger partial charge >= 0.3 is 0 Å². The van der Waals surface area contributed by atoms with Crippen molar-refractivity contribution >= 4 is 15.7 Å². The van der Waals surface area contributed by atoms with Gasteiger partial charge in [0.2, 0.25) is 0 Å². The van der Waals surface area contributed by atoms with Gasteiger partial charge in [0, 0.05) is 38.0 Å². The molecule has 0 N–H and O–H groups in total. The van der Waals surface area contributed by atoms with E-state index in [1.54, 1.807) is 23.2 Å². The highest BCUT2D eigenvalue weighted by atomic mass is 32.2. The molecule has 1 spiro atoms. The SMILES string of the molecule is O=C(c1cccnc1)N1CC2(C1)C(COCC1CC1)CCS2(=O)=O. The maximum atomic E-state index is 12.6. The zero-order valence-corrected chi connectivity index (χ0v) is 14.4. The molecule has 1 unspecified atom stereocenters. The number of pyridine rings is 1. The molecule has 3 fully saturated rings. The predicted octanol–water partition coefficient (Wildman–Crippen LogP) is 1.14. The average molecular weight is 350 g/mol. The molecule has 1 aromatic heterocycles. The highest BCUT2D eigenvalue weighted by Gasteiger charge is 2.62. The van der Waals surface area contributed by atoms with E-state index in [2.05, 4.69) is 4.98 Å². The quantitative estimate of drug-likeness (QED) is 0.796. The van der Waals surface area contributed by atoms with Gasteiger partial charge in [0.15, 0.2) is 9.84 Å². The molecule has 1 saturated carbocycles. The van der Waals surface area contributed by atoms with Crippen LogP contribution in [0.1, 0.15) is 29.6 Å². The van der Waals surface area contributed by atoms with Crippen LogP contribution in [-0.4, -0.2) is 61.0 Å². The number of nitrogens with zero attached hydrogens (tertiary/aromatic N) is 2. The van der Waals surface area contributed by atoms with Crippen LogP contribution in [0.2, 0.25) is 0 Å². The maximum absolute atomic E-state index is 12.6. The van der Waals surface area contributed by atoms with Gasteiger partial charge < -0.3 is 9.64 Å². The number of carbonyl (C=O) groups excluding carboxylic acids is 1. The molecule has 0 radical (unpaired) electrons. The van der Waals surface area contributed by atoms with Gasteiger partial charge in [-0.25, -0.2) is 8.42 Å². The highest BCUT2D eigenvalue weighted by Crippen LogP contribution is 2.45. The van der Waals surface area contributed by atoms with Crippen LogP contribution in [0.25, 0.3) is 0 Å². The summed E-state index contributed by atoms with van der Waals surface area (Å²) >= 11 is 0. The van der Waals surface area contributed by atoms with Crippen LogP contribution in [0.5, 0.6) is 0 Å². The molecule has 4 rings (SSSR count). The number of hydrogen-bond acceptors (Lipinski definition) is 5. The van der Waals surface area contributed by atoms with Crippen LogP contribution in [-0.2, 0) is 14.6 Å². The number of ether oxygens (including phenoxy) is 1. The molecule has 2 saturated heterocycles. The molecule has 1 aromatic rings. The van der Waals surface area contributed by atoms with E-state index in [0.717, 1.165) is 6.61 Å². The van der Waals surface area contributed by atoms with Crippen LogP contribution in [0.3, 0.4) is 0 Å². The van der Waals surface area contributed by atoms with Crippen molar-refractivity contribution < 1.29 is 17.9 Å². The Bertz CT molecular complexity index is 724. The predicted molar refractivity (Wildman–Crippen MR) is 88.3 cm³/mol. The summed E-state index contributed by atoms with van der Waals surface area (Å²) in [6.07, 6.45) is 6.22. The monoisotopic (exact) mass is 350 g/mol. The van der Waals surface area contributed by atoms with E-state index in [4.69, 9.17) is 4.74 Å². The first kappa shape index (κ1) is 16.0. The first-order valence-electron chi connectivity index (χ1n) is 8.51. The Hall–Kier alpha value is -1.47. The third kappa shape index (κ3) is 2.63. The van der Waals surface area contributed by atoms with Crippen molar-refractivity contribution in [3.8, 4) is 0 Å². The van der Waals surface area contributed by atoms with E-state index >= 15 is 0 Å². The molecular weight excluding hydrogens is 328 g/mol. The molecule has 1 amide bonds. The summed E-state index contributed by atoms with van der Waals surface area (Å²) in [5.41, 5.74) is 0.504. The number of likely N-dealkylation sites (tertiary alicyclic amines) is 1. The van der Waals surface area contributed by atoms with Crippen LogP contribution < -0.4 is 0 Å². The second kappa shape index (κ2) is 5.81. The van der Waals surface area contributed by atoms with Crippen molar-refractivity contribution in [3.63, 3.8) is 0 Å². The van der Waals surface area contributed by atoms with Gasteiger partial charge in [-0.15, -0.1) is 0 Å². The summed E-state index contributed by atoms with van der Waals surface area (Å²) in [6, 6.07) is 3.42. The number of hydrogen-bond donors (Lipinski definition) is 0. The standard InChI is InChI=1S/C17H22N2O4S/c20-16(14-2-1-6-18-8-14)19-11-17(12-19)15(5-7-24(17,21)22)10-23-9-13-3-4-13/h1-2,6,8,13,15H,3-5,7,9-12H2. The van der Waals surface area contributed by atoms with E-state index in [1.807, 2.05) is 0 Å². The smallest absolute Gasteiger partial charge is 0.255 e. The van der Waals surface area contributed by atoms with E-state index < -0.39 is 14.6 Å². The number of sulfone groups is 1. The Morgan fingerprint density at radius 3 is 2.75 bits per heavy atom. The van der Waals surface area contributed by atoms with Gasteiger partial charge in [0.1, 0.15) is 4.75 Å². The molecule has 0 aromatic carbocycles. The number of amides is 1. The largest absolute Gasteiger partial charge is 0.381 e. The molecule has 3 aliphatic rings. The molecule has 24 heavy (non-hydrogen) atoms. The second-order valence-corrected chi connectivity index (χ2v) is 9.70. The van der Waals surface area contributed by atoms with Crippen molar-refractivity contribution in [3.05, 3.63) is 30.1 Å². The number of carbonyl (C=O) groups is 1. The van der Waals surface area contributed by atoms with Crippen LogP contribution >= 0.6 is 0 Å². The lowest BCUT2D eigenvalue weighted by Gasteiger charge is -2.49. The minimum absolute atomic E-state index is 0.000742. The fourth-order valence-electron chi connectivity index (χ4n) is 3.78. The Balaban J connectivity index is 1.43. The van der Waals surface area contributed by atoms with E-state index in [0.29, 0.717) is 24.5 Å². The minimum atomic E-state index is -3.17. The normalized spacial score (nSPS) is 27.2. The van der Waals surface area contributed by atoms with Gasteiger partial charge in [0.05, 0.1) is 17.9 Å². The summed E-state index contributed by atoms with van der Waals surface area (Å²) in [5, 5.41) is 0. The zero-order chi connectivity index (χ0) is 16.8. The topological polar surface area (TPSA) is 76.6 Å². The fourth-order valence-corrected chi connectivity index (χ4v) is 6.18. The fraction of sp³-hybridized carbons (Fsp3) is 0.647. The summed E-state index contributed by atoms with van der Waals surface area (Å²) in [7, 11) is -3.17. The van der Waals surface area contributed by atoms with Crippen LogP contribution in [0.15, 0.2) is 24.5 Å². The molecule has 3 heterocycles. The Labute approximate surface area is 142 Å². The van der Waals surface area contributed by atoms with Crippen molar-refractivity contribution in [1.82, 2.24) is 9.88 Å². The highest BCUT2D eigenvalue weighted by molar-refractivity contribution is 7.93. The van der Waals surface area contributed by atoms with Gasteiger partial charge in [-0.1, -0.05) is 0 Å². The van der Waals surface area contributed by atoms with Gasteiger partial charge in [-0.2, -0.15) is 0 Å². The first-order chi connectivity index (χ1) is 11.5. The summed E-state index contributed by atoms with van der Waals surface area (Å²) in [5.74, 6) is 0.732. The number of aromatic nitrogens is 1. The van der Waals surface area contributed by atoms with E-state index in [1.165, 1.54) is 19.0 Å².